The van der Waals surface area contributed by atoms with E-state index in [1.165, 1.54) is 0 Å². The summed E-state index contributed by atoms with van der Waals surface area (Å²) in [6.07, 6.45) is 4.07. The van der Waals surface area contributed by atoms with Crippen molar-refractivity contribution in [1.29, 1.82) is 0 Å². The van der Waals surface area contributed by atoms with Gasteiger partial charge in [0.15, 0.2) is 5.66 Å². The van der Waals surface area contributed by atoms with Gasteiger partial charge in [-0.05, 0) is 31.7 Å². The van der Waals surface area contributed by atoms with Crippen molar-refractivity contribution in [3.05, 3.63) is 29.8 Å². The third-order valence-corrected chi connectivity index (χ3v) is 7.11. The Balaban J connectivity index is 1.90. The van der Waals surface area contributed by atoms with Gasteiger partial charge in [-0.1, -0.05) is 25.1 Å². The summed E-state index contributed by atoms with van der Waals surface area (Å²) in [7, 11) is 0. The first-order valence-electron chi connectivity index (χ1n) is 8.97. The standard InChI is InChI=1S/C19H22N2O3/c1-2-17-9-5-11-20-16(23)12-18(24)13-6-3-4-7-14(13)21(19(17,18)20)15(22)8-10-17/h3-4,6-7,24H,2,5,8-12H2,1H3/t17-,18-,19?/m1/s1. The quantitative estimate of drug-likeness (QED) is 0.860. The molecule has 1 unspecified atom stereocenters. The summed E-state index contributed by atoms with van der Waals surface area (Å²) in [6.45, 7) is 2.76. The molecular formula is C19H22N2O3. The van der Waals surface area contributed by atoms with Crippen LogP contribution >= 0.6 is 0 Å². The van der Waals surface area contributed by atoms with Crippen molar-refractivity contribution in [1.82, 2.24) is 4.90 Å². The summed E-state index contributed by atoms with van der Waals surface area (Å²) in [5.74, 6) is 0.00766. The van der Waals surface area contributed by atoms with E-state index in [0.717, 1.165) is 36.9 Å². The number of carbonyl (C=O) groups is 2. The Morgan fingerprint density at radius 1 is 1.17 bits per heavy atom. The number of rotatable bonds is 1. The highest BCUT2D eigenvalue weighted by Crippen LogP contribution is 2.69. The molecule has 126 valence electrons. The Kier molecular flexibility index (Phi) is 2.53. The lowest BCUT2D eigenvalue weighted by atomic mass is 9.57. The summed E-state index contributed by atoms with van der Waals surface area (Å²) < 4.78 is 0. The molecular weight excluding hydrogens is 304 g/mol. The smallest absolute Gasteiger partial charge is 0.229 e. The minimum Gasteiger partial charge on any atom is -0.380 e. The Morgan fingerprint density at radius 3 is 2.75 bits per heavy atom. The van der Waals surface area contributed by atoms with Crippen LogP contribution in [0.1, 0.15) is 51.0 Å². The number of hydrogen-bond acceptors (Lipinski definition) is 3. The average Bonchev–Trinajstić information content (AvgIpc) is 2.96. The van der Waals surface area contributed by atoms with Gasteiger partial charge in [-0.25, -0.2) is 0 Å². The van der Waals surface area contributed by atoms with Crippen molar-refractivity contribution in [2.24, 2.45) is 5.41 Å². The predicted octanol–water partition coefficient (Wildman–Crippen LogP) is 2.13. The van der Waals surface area contributed by atoms with Crippen LogP contribution in [0.15, 0.2) is 24.3 Å². The molecule has 0 bridgehead atoms. The third-order valence-electron chi connectivity index (χ3n) is 7.11. The van der Waals surface area contributed by atoms with Crippen LogP contribution in [0.2, 0.25) is 0 Å². The molecule has 1 N–H and O–H groups in total. The van der Waals surface area contributed by atoms with E-state index in [4.69, 9.17) is 0 Å². The molecule has 5 heteroatoms. The molecule has 1 spiro atoms. The maximum atomic E-state index is 13.0. The molecule has 4 aliphatic rings. The van der Waals surface area contributed by atoms with E-state index in [2.05, 4.69) is 6.92 Å². The molecule has 3 saturated heterocycles. The molecule has 3 fully saturated rings. The van der Waals surface area contributed by atoms with E-state index in [1.54, 1.807) is 4.90 Å². The van der Waals surface area contributed by atoms with Crippen LogP contribution in [0.4, 0.5) is 5.69 Å². The molecule has 4 heterocycles. The summed E-state index contributed by atoms with van der Waals surface area (Å²) in [4.78, 5) is 29.5. The highest BCUT2D eigenvalue weighted by Gasteiger charge is 2.80. The van der Waals surface area contributed by atoms with Crippen LogP contribution in [0.3, 0.4) is 0 Å². The first-order valence-corrected chi connectivity index (χ1v) is 8.97. The molecule has 1 aromatic carbocycles. The van der Waals surface area contributed by atoms with E-state index in [-0.39, 0.29) is 23.7 Å². The molecule has 24 heavy (non-hydrogen) atoms. The van der Waals surface area contributed by atoms with Crippen LogP contribution in [0, 0.1) is 5.41 Å². The van der Waals surface area contributed by atoms with Gasteiger partial charge in [0, 0.05) is 23.9 Å². The minimum absolute atomic E-state index is 0.0239. The molecule has 3 atom stereocenters. The third kappa shape index (κ3) is 1.21. The maximum Gasteiger partial charge on any atom is 0.229 e. The predicted molar refractivity (Wildman–Crippen MR) is 88.1 cm³/mol. The Morgan fingerprint density at radius 2 is 1.96 bits per heavy atom. The fraction of sp³-hybridized carbons (Fsp3) is 0.579. The van der Waals surface area contributed by atoms with Crippen molar-refractivity contribution in [3.8, 4) is 0 Å². The molecule has 1 aromatic rings. The van der Waals surface area contributed by atoms with Crippen LogP contribution in [-0.2, 0) is 15.2 Å². The molecule has 2 amide bonds. The van der Waals surface area contributed by atoms with Gasteiger partial charge in [0.1, 0.15) is 5.60 Å². The van der Waals surface area contributed by atoms with Crippen LogP contribution in [0.5, 0.6) is 0 Å². The van der Waals surface area contributed by atoms with Crippen molar-refractivity contribution in [2.45, 2.75) is 56.7 Å². The lowest BCUT2D eigenvalue weighted by molar-refractivity contribution is -0.179. The summed E-state index contributed by atoms with van der Waals surface area (Å²) in [6, 6.07) is 7.60. The van der Waals surface area contributed by atoms with Crippen molar-refractivity contribution < 1.29 is 14.7 Å². The molecule has 4 aliphatic heterocycles. The highest BCUT2D eigenvalue weighted by molar-refractivity contribution is 6.03. The highest BCUT2D eigenvalue weighted by atomic mass is 16.3. The molecule has 5 rings (SSSR count). The zero-order valence-corrected chi connectivity index (χ0v) is 13.9. The van der Waals surface area contributed by atoms with Crippen LogP contribution < -0.4 is 4.90 Å². The van der Waals surface area contributed by atoms with Crippen LogP contribution in [0.25, 0.3) is 0 Å². The first kappa shape index (κ1) is 14.5. The largest absolute Gasteiger partial charge is 0.380 e. The van der Waals surface area contributed by atoms with E-state index >= 15 is 0 Å². The number of amides is 2. The SMILES string of the molecule is CC[C@@]12CCCN3C(=O)C[C@@]4(O)c5ccccc5N(C(=O)CC1)C324. The second-order valence-corrected chi connectivity index (χ2v) is 7.74. The van der Waals surface area contributed by atoms with Gasteiger partial charge in [-0.3, -0.25) is 14.5 Å². The maximum absolute atomic E-state index is 13.0. The molecule has 0 aromatic heterocycles. The second kappa shape index (κ2) is 4.20. The first-order chi connectivity index (χ1) is 11.5. The second-order valence-electron chi connectivity index (χ2n) is 7.74. The van der Waals surface area contributed by atoms with Gasteiger partial charge < -0.3 is 10.0 Å². The number of fused-ring (bicyclic) bond motifs is 3. The Hall–Kier alpha value is -1.88. The molecule has 5 nitrogen and oxygen atoms in total. The number of carbonyl (C=O) groups excluding carboxylic acids is 2. The van der Waals surface area contributed by atoms with E-state index < -0.39 is 11.3 Å². The summed E-state index contributed by atoms with van der Waals surface area (Å²) in [5, 5.41) is 11.9. The number of hydrogen-bond donors (Lipinski definition) is 1. The minimum atomic E-state index is -1.30. The molecule has 0 radical (unpaired) electrons. The monoisotopic (exact) mass is 326 g/mol. The lowest BCUT2D eigenvalue weighted by Gasteiger charge is -2.63. The average molecular weight is 326 g/mol. The number of para-hydroxylation sites is 1. The van der Waals surface area contributed by atoms with Gasteiger partial charge in [-0.15, -0.1) is 0 Å². The van der Waals surface area contributed by atoms with Gasteiger partial charge in [0.05, 0.1) is 12.1 Å². The Labute approximate surface area is 141 Å². The normalized spacial score (nSPS) is 39.8. The molecule has 0 saturated carbocycles. The van der Waals surface area contributed by atoms with E-state index in [9.17, 15) is 14.7 Å². The zero-order valence-electron chi connectivity index (χ0n) is 13.9. The van der Waals surface area contributed by atoms with Crippen molar-refractivity contribution in [2.75, 3.05) is 11.4 Å². The number of anilines is 1. The van der Waals surface area contributed by atoms with Gasteiger partial charge >= 0.3 is 0 Å². The van der Waals surface area contributed by atoms with Gasteiger partial charge in [0.25, 0.3) is 0 Å². The fourth-order valence-corrected chi connectivity index (χ4v) is 6.29. The van der Waals surface area contributed by atoms with Crippen molar-refractivity contribution >= 4 is 17.5 Å². The van der Waals surface area contributed by atoms with Gasteiger partial charge in [-0.2, -0.15) is 0 Å². The Bertz CT molecular complexity index is 778. The van der Waals surface area contributed by atoms with E-state index in [0.29, 0.717) is 13.0 Å². The number of nitrogens with zero attached hydrogens (tertiary/aromatic N) is 2. The topological polar surface area (TPSA) is 60.9 Å². The fourth-order valence-electron chi connectivity index (χ4n) is 6.29. The van der Waals surface area contributed by atoms with Crippen LogP contribution in [-0.4, -0.2) is 34.0 Å². The van der Waals surface area contributed by atoms with E-state index in [1.807, 2.05) is 29.2 Å². The number of piperidine rings is 2. The van der Waals surface area contributed by atoms with Gasteiger partial charge in [0.2, 0.25) is 11.8 Å². The van der Waals surface area contributed by atoms with Crippen molar-refractivity contribution in [3.63, 3.8) is 0 Å². The summed E-state index contributed by atoms with van der Waals surface area (Å²) >= 11 is 0. The molecule has 0 aliphatic carbocycles. The number of benzene rings is 1. The number of aliphatic hydroxyl groups is 1. The zero-order chi connectivity index (χ0) is 16.7. The summed E-state index contributed by atoms with van der Waals surface area (Å²) in [5.41, 5.74) is -0.923. The lowest BCUT2D eigenvalue weighted by Crippen LogP contribution is -2.77.